The molecule has 0 fully saturated rings. The second-order valence-corrected chi connectivity index (χ2v) is 5.76. The van der Waals surface area contributed by atoms with Gasteiger partial charge in [-0.3, -0.25) is 24.5 Å². The van der Waals surface area contributed by atoms with Gasteiger partial charge in [-0.15, -0.1) is 0 Å². The largest absolute Gasteiger partial charge is 0.495 e. The average Bonchev–Trinajstić information content (AvgIpc) is 2.71. The van der Waals surface area contributed by atoms with E-state index in [1.165, 1.54) is 31.4 Å². The van der Waals surface area contributed by atoms with E-state index in [4.69, 9.17) is 9.47 Å². The molecule has 2 N–H and O–H groups in total. The quantitative estimate of drug-likeness (QED) is 0.374. The zero-order valence-corrected chi connectivity index (χ0v) is 15.5. The average molecular weight is 401 g/mol. The maximum Gasteiger partial charge on any atom is 0.306 e. The number of methoxy groups -OCH3 is 1. The molecule has 0 spiro atoms. The molecule has 0 bridgehead atoms. The summed E-state index contributed by atoms with van der Waals surface area (Å²) in [6, 6.07) is 12.1. The Kier molecular flexibility index (Phi) is 7.66. The first kappa shape index (κ1) is 21.4. The lowest BCUT2D eigenvalue weighted by Crippen LogP contribution is -2.22. The standard InChI is InChI=1S/C19H19N3O7/c1-28-16-5-3-2-4-15(16)21-18(24)12-29-19(25)11-10-17(23)20-13-6-8-14(9-7-13)22(26)27/h2-9H,10-12H2,1H3,(H,20,23)(H,21,24). The van der Waals surface area contributed by atoms with Crippen LogP contribution < -0.4 is 15.4 Å². The van der Waals surface area contributed by atoms with Crippen LogP contribution in [0.15, 0.2) is 48.5 Å². The zero-order chi connectivity index (χ0) is 21.2. The molecule has 0 aliphatic rings. The van der Waals surface area contributed by atoms with Gasteiger partial charge in [-0.1, -0.05) is 12.1 Å². The maximum absolute atomic E-state index is 11.9. The van der Waals surface area contributed by atoms with Crippen LogP contribution in [0.4, 0.5) is 17.1 Å². The van der Waals surface area contributed by atoms with E-state index in [0.717, 1.165) is 0 Å². The summed E-state index contributed by atoms with van der Waals surface area (Å²) >= 11 is 0. The van der Waals surface area contributed by atoms with E-state index in [1.54, 1.807) is 24.3 Å². The molecule has 0 saturated carbocycles. The molecule has 10 heteroatoms. The van der Waals surface area contributed by atoms with Gasteiger partial charge in [0.2, 0.25) is 5.91 Å². The maximum atomic E-state index is 11.9. The molecule has 0 atom stereocenters. The van der Waals surface area contributed by atoms with Crippen molar-refractivity contribution in [1.29, 1.82) is 0 Å². The molecule has 0 heterocycles. The number of hydrogen-bond donors (Lipinski definition) is 2. The van der Waals surface area contributed by atoms with Crippen molar-refractivity contribution in [3.63, 3.8) is 0 Å². The van der Waals surface area contributed by atoms with Crippen molar-refractivity contribution in [1.82, 2.24) is 0 Å². The number of nitrogens with zero attached hydrogens (tertiary/aromatic N) is 1. The molecule has 29 heavy (non-hydrogen) atoms. The van der Waals surface area contributed by atoms with Gasteiger partial charge >= 0.3 is 5.97 Å². The van der Waals surface area contributed by atoms with Crippen LogP contribution in [0.25, 0.3) is 0 Å². The molecule has 0 saturated heterocycles. The minimum atomic E-state index is -0.709. The Morgan fingerprint density at radius 1 is 0.966 bits per heavy atom. The summed E-state index contributed by atoms with van der Waals surface area (Å²) in [5.41, 5.74) is 0.710. The van der Waals surface area contributed by atoms with Crippen molar-refractivity contribution in [2.24, 2.45) is 0 Å². The summed E-state index contributed by atoms with van der Waals surface area (Å²) in [7, 11) is 1.47. The van der Waals surface area contributed by atoms with E-state index in [2.05, 4.69) is 10.6 Å². The first-order chi connectivity index (χ1) is 13.9. The van der Waals surface area contributed by atoms with Gasteiger partial charge < -0.3 is 20.1 Å². The number of non-ortho nitro benzene ring substituents is 1. The second-order valence-electron chi connectivity index (χ2n) is 5.76. The van der Waals surface area contributed by atoms with Crippen LogP contribution in [-0.4, -0.2) is 36.4 Å². The van der Waals surface area contributed by atoms with Crippen molar-refractivity contribution >= 4 is 34.8 Å². The molecule has 2 aromatic carbocycles. The van der Waals surface area contributed by atoms with Gasteiger partial charge in [-0.05, 0) is 24.3 Å². The van der Waals surface area contributed by atoms with E-state index in [-0.39, 0.29) is 18.5 Å². The minimum Gasteiger partial charge on any atom is -0.495 e. The summed E-state index contributed by atoms with van der Waals surface area (Å²) in [5, 5.41) is 15.7. The van der Waals surface area contributed by atoms with E-state index >= 15 is 0 Å². The van der Waals surface area contributed by atoms with Crippen LogP contribution in [0.1, 0.15) is 12.8 Å². The molecule has 0 radical (unpaired) electrons. The third-order valence-corrected chi connectivity index (χ3v) is 3.66. The van der Waals surface area contributed by atoms with E-state index < -0.39 is 29.3 Å². The number of para-hydroxylation sites is 2. The number of rotatable bonds is 9. The predicted octanol–water partition coefficient (Wildman–Crippen LogP) is 2.50. The molecule has 0 aromatic heterocycles. The molecular weight excluding hydrogens is 382 g/mol. The number of carbonyl (C=O) groups excluding carboxylic acids is 3. The van der Waals surface area contributed by atoms with Gasteiger partial charge in [-0.25, -0.2) is 0 Å². The highest BCUT2D eigenvalue weighted by atomic mass is 16.6. The van der Waals surface area contributed by atoms with Gasteiger partial charge in [-0.2, -0.15) is 0 Å². The van der Waals surface area contributed by atoms with Gasteiger partial charge in [0.15, 0.2) is 6.61 Å². The molecule has 2 aromatic rings. The van der Waals surface area contributed by atoms with Gasteiger partial charge in [0.1, 0.15) is 5.75 Å². The Morgan fingerprint density at radius 3 is 2.31 bits per heavy atom. The third-order valence-electron chi connectivity index (χ3n) is 3.66. The fourth-order valence-corrected chi connectivity index (χ4v) is 2.26. The Labute approximate surface area is 166 Å². The summed E-state index contributed by atoms with van der Waals surface area (Å²) in [4.78, 5) is 45.5. The van der Waals surface area contributed by atoms with Crippen LogP contribution in [-0.2, 0) is 19.1 Å². The molecule has 0 aliphatic carbocycles. The van der Waals surface area contributed by atoms with E-state index in [0.29, 0.717) is 17.1 Å². The smallest absolute Gasteiger partial charge is 0.306 e. The van der Waals surface area contributed by atoms with Crippen molar-refractivity contribution in [2.75, 3.05) is 24.4 Å². The van der Waals surface area contributed by atoms with Crippen molar-refractivity contribution in [2.45, 2.75) is 12.8 Å². The number of amides is 2. The normalized spacial score (nSPS) is 9.97. The number of carbonyl (C=O) groups is 3. The lowest BCUT2D eigenvalue weighted by Gasteiger charge is -2.10. The molecule has 2 amide bonds. The summed E-state index contributed by atoms with van der Waals surface area (Å²) < 4.78 is 9.95. The van der Waals surface area contributed by atoms with E-state index in [9.17, 15) is 24.5 Å². The van der Waals surface area contributed by atoms with E-state index in [1.807, 2.05) is 0 Å². The number of benzene rings is 2. The predicted molar refractivity (Wildman–Crippen MR) is 104 cm³/mol. The Bertz CT molecular complexity index is 897. The lowest BCUT2D eigenvalue weighted by molar-refractivity contribution is -0.384. The third kappa shape index (κ3) is 6.94. The van der Waals surface area contributed by atoms with Crippen LogP contribution in [0, 0.1) is 10.1 Å². The lowest BCUT2D eigenvalue weighted by atomic mass is 10.2. The van der Waals surface area contributed by atoms with Crippen LogP contribution in [0.2, 0.25) is 0 Å². The van der Waals surface area contributed by atoms with Gasteiger partial charge in [0, 0.05) is 24.2 Å². The number of nitro benzene ring substituents is 1. The highest BCUT2D eigenvalue weighted by Crippen LogP contribution is 2.22. The summed E-state index contributed by atoms with van der Waals surface area (Å²) in [6.07, 6.45) is -0.384. The molecular formula is C19H19N3O7. The Hall–Kier alpha value is -3.95. The van der Waals surface area contributed by atoms with Crippen molar-refractivity contribution in [3.05, 3.63) is 58.6 Å². The zero-order valence-electron chi connectivity index (χ0n) is 15.5. The number of nitrogens with one attached hydrogen (secondary N) is 2. The number of hydrogen-bond acceptors (Lipinski definition) is 7. The Morgan fingerprint density at radius 2 is 1.66 bits per heavy atom. The molecule has 152 valence electrons. The van der Waals surface area contributed by atoms with Crippen LogP contribution in [0.5, 0.6) is 5.75 Å². The number of anilines is 2. The highest BCUT2D eigenvalue weighted by molar-refractivity contribution is 5.95. The first-order valence-corrected chi connectivity index (χ1v) is 8.52. The van der Waals surface area contributed by atoms with Crippen LogP contribution >= 0.6 is 0 Å². The molecule has 0 unspecified atom stereocenters. The van der Waals surface area contributed by atoms with Gasteiger partial charge in [0.25, 0.3) is 11.6 Å². The fraction of sp³-hybridized carbons (Fsp3) is 0.211. The molecule has 10 nitrogen and oxygen atoms in total. The second kappa shape index (κ2) is 10.4. The monoisotopic (exact) mass is 401 g/mol. The minimum absolute atomic E-state index is 0.0991. The van der Waals surface area contributed by atoms with Crippen molar-refractivity contribution in [3.8, 4) is 5.75 Å². The first-order valence-electron chi connectivity index (χ1n) is 8.52. The number of nitro groups is 1. The number of ether oxygens (including phenoxy) is 2. The summed E-state index contributed by atoms with van der Waals surface area (Å²) in [5.74, 6) is -1.25. The highest BCUT2D eigenvalue weighted by Gasteiger charge is 2.12. The summed E-state index contributed by atoms with van der Waals surface area (Å²) in [6.45, 7) is -0.499. The van der Waals surface area contributed by atoms with Gasteiger partial charge in [0.05, 0.1) is 24.1 Å². The molecule has 0 aliphatic heterocycles. The number of esters is 1. The Balaban J connectivity index is 1.71. The topological polar surface area (TPSA) is 137 Å². The fourth-order valence-electron chi connectivity index (χ4n) is 2.26. The molecule has 2 rings (SSSR count). The van der Waals surface area contributed by atoms with Crippen LogP contribution in [0.3, 0.4) is 0 Å². The SMILES string of the molecule is COc1ccccc1NC(=O)COC(=O)CCC(=O)Nc1ccc([N+](=O)[O-])cc1. The van der Waals surface area contributed by atoms with Crippen molar-refractivity contribution < 1.29 is 28.8 Å².